The van der Waals surface area contributed by atoms with Crippen LogP contribution in [-0.4, -0.2) is 25.0 Å². The van der Waals surface area contributed by atoms with E-state index in [2.05, 4.69) is 6.07 Å². The third-order valence-corrected chi connectivity index (χ3v) is 3.05. The number of hydrogen-bond donors (Lipinski definition) is 0. The summed E-state index contributed by atoms with van der Waals surface area (Å²) in [4.78, 5) is 2.04. The van der Waals surface area contributed by atoms with Gasteiger partial charge in [-0.05, 0) is 43.7 Å². The van der Waals surface area contributed by atoms with Crippen LogP contribution >= 0.6 is 11.6 Å². The second kappa shape index (κ2) is 6.58. The topological polar surface area (TPSA) is 27.0 Å². The van der Waals surface area contributed by atoms with Crippen molar-refractivity contribution in [3.05, 3.63) is 34.1 Å². The Bertz CT molecular complexity index is 426. The molecule has 0 unspecified atom stereocenters. The second-order valence-electron chi connectivity index (χ2n) is 4.15. The molecule has 0 N–H and O–H groups in total. The van der Waals surface area contributed by atoms with Crippen molar-refractivity contribution in [2.75, 3.05) is 20.1 Å². The first-order valence-corrected chi connectivity index (χ1v) is 5.92. The summed E-state index contributed by atoms with van der Waals surface area (Å²) < 4.78 is 13.4. The summed E-state index contributed by atoms with van der Waals surface area (Å²) in [5.74, 6) is -0.218. The van der Waals surface area contributed by atoms with Crippen LogP contribution in [-0.2, 0) is 6.42 Å². The molecule has 0 amide bonds. The number of likely N-dealkylation sites (N-methyl/N-ethyl adjacent to an activating group) is 1. The van der Waals surface area contributed by atoms with Crippen LogP contribution in [0.3, 0.4) is 0 Å². The van der Waals surface area contributed by atoms with E-state index in [-0.39, 0.29) is 5.82 Å². The molecule has 1 rings (SSSR count). The van der Waals surface area contributed by atoms with E-state index in [0.29, 0.717) is 23.4 Å². The fourth-order valence-corrected chi connectivity index (χ4v) is 1.86. The van der Waals surface area contributed by atoms with Gasteiger partial charge in [0.05, 0.1) is 6.07 Å². The SMILES string of the molecule is Cc1cc(Cl)c(CCN(C)CCC#N)cc1F. The molecule has 0 radical (unpaired) electrons. The lowest BCUT2D eigenvalue weighted by Crippen LogP contribution is -2.22. The lowest BCUT2D eigenvalue weighted by atomic mass is 10.1. The highest BCUT2D eigenvalue weighted by molar-refractivity contribution is 6.31. The second-order valence-corrected chi connectivity index (χ2v) is 4.56. The number of hydrogen-bond acceptors (Lipinski definition) is 2. The quantitative estimate of drug-likeness (QED) is 0.807. The summed E-state index contributed by atoms with van der Waals surface area (Å²) in [6.45, 7) is 3.19. The Morgan fingerprint density at radius 1 is 1.41 bits per heavy atom. The first-order valence-electron chi connectivity index (χ1n) is 5.54. The minimum atomic E-state index is -0.218. The van der Waals surface area contributed by atoms with Crippen molar-refractivity contribution < 1.29 is 4.39 Å². The van der Waals surface area contributed by atoms with Gasteiger partial charge in [0.15, 0.2) is 0 Å². The largest absolute Gasteiger partial charge is 0.305 e. The van der Waals surface area contributed by atoms with E-state index < -0.39 is 0 Å². The summed E-state index contributed by atoms with van der Waals surface area (Å²) in [7, 11) is 1.94. The van der Waals surface area contributed by atoms with E-state index in [4.69, 9.17) is 16.9 Å². The number of halogens is 2. The predicted octanol–water partition coefficient (Wildman–Crippen LogP) is 3.18. The highest BCUT2D eigenvalue weighted by Crippen LogP contribution is 2.21. The van der Waals surface area contributed by atoms with Crippen LogP contribution < -0.4 is 0 Å². The minimum Gasteiger partial charge on any atom is -0.305 e. The average Bonchev–Trinajstić information content (AvgIpc) is 2.29. The van der Waals surface area contributed by atoms with E-state index in [1.54, 1.807) is 13.0 Å². The maximum atomic E-state index is 13.4. The van der Waals surface area contributed by atoms with Gasteiger partial charge in [0.25, 0.3) is 0 Å². The normalized spacial score (nSPS) is 10.6. The maximum Gasteiger partial charge on any atom is 0.126 e. The molecule has 4 heteroatoms. The molecule has 17 heavy (non-hydrogen) atoms. The fraction of sp³-hybridized carbons (Fsp3) is 0.462. The van der Waals surface area contributed by atoms with E-state index in [1.807, 2.05) is 11.9 Å². The number of rotatable bonds is 5. The Morgan fingerprint density at radius 3 is 2.76 bits per heavy atom. The van der Waals surface area contributed by atoms with Gasteiger partial charge >= 0.3 is 0 Å². The van der Waals surface area contributed by atoms with Crippen LogP contribution in [0.25, 0.3) is 0 Å². The van der Waals surface area contributed by atoms with Crippen molar-refractivity contribution in [3.63, 3.8) is 0 Å². The molecular weight excluding hydrogens is 239 g/mol. The first-order chi connectivity index (χ1) is 8.04. The Kier molecular flexibility index (Phi) is 5.40. The summed E-state index contributed by atoms with van der Waals surface area (Å²) >= 11 is 6.05. The van der Waals surface area contributed by atoms with Crippen molar-refractivity contribution in [1.82, 2.24) is 4.90 Å². The molecule has 2 nitrogen and oxygen atoms in total. The fourth-order valence-electron chi connectivity index (χ4n) is 1.54. The maximum absolute atomic E-state index is 13.4. The molecule has 0 bridgehead atoms. The zero-order chi connectivity index (χ0) is 12.8. The van der Waals surface area contributed by atoms with Crippen LogP contribution in [0.1, 0.15) is 17.5 Å². The lowest BCUT2D eigenvalue weighted by molar-refractivity contribution is 0.346. The van der Waals surface area contributed by atoms with Crippen molar-refractivity contribution in [2.24, 2.45) is 0 Å². The van der Waals surface area contributed by atoms with Gasteiger partial charge in [0, 0.05) is 24.5 Å². The van der Waals surface area contributed by atoms with Gasteiger partial charge in [0.1, 0.15) is 5.82 Å². The molecule has 0 spiro atoms. The standard InChI is InChI=1S/C13H16ClFN2/c1-10-8-12(14)11(9-13(10)15)4-7-17(2)6-3-5-16/h8-9H,3-4,6-7H2,1-2H3. The monoisotopic (exact) mass is 254 g/mol. The third-order valence-electron chi connectivity index (χ3n) is 2.70. The zero-order valence-electron chi connectivity index (χ0n) is 10.1. The molecular formula is C13H16ClFN2. The summed E-state index contributed by atoms with van der Waals surface area (Å²) in [6.07, 6.45) is 1.20. The number of nitrogens with zero attached hydrogens (tertiary/aromatic N) is 2. The molecule has 92 valence electrons. The number of aryl methyl sites for hydroxylation is 1. The summed E-state index contributed by atoms with van der Waals surface area (Å²) in [5, 5.41) is 9.07. The van der Waals surface area contributed by atoms with Gasteiger partial charge in [-0.2, -0.15) is 5.26 Å². The molecule has 0 fully saturated rings. The van der Waals surface area contributed by atoms with Gasteiger partial charge in [-0.1, -0.05) is 11.6 Å². The molecule has 1 aromatic rings. The molecule has 1 aromatic carbocycles. The van der Waals surface area contributed by atoms with Gasteiger partial charge in [-0.3, -0.25) is 0 Å². The molecule has 0 aromatic heterocycles. The molecule has 0 aliphatic rings. The van der Waals surface area contributed by atoms with Crippen LogP contribution in [0.5, 0.6) is 0 Å². The Hall–Kier alpha value is -1.11. The summed E-state index contributed by atoms with van der Waals surface area (Å²) in [5.41, 5.74) is 1.38. The molecule has 0 heterocycles. The number of nitriles is 1. The third kappa shape index (κ3) is 4.33. The first kappa shape index (κ1) is 14.0. The Morgan fingerprint density at radius 2 is 2.12 bits per heavy atom. The summed E-state index contributed by atoms with van der Waals surface area (Å²) in [6, 6.07) is 5.25. The van der Waals surface area contributed by atoms with Crippen molar-refractivity contribution in [1.29, 1.82) is 5.26 Å². The van der Waals surface area contributed by atoms with Crippen LogP contribution in [0.2, 0.25) is 5.02 Å². The molecule has 0 saturated carbocycles. The minimum absolute atomic E-state index is 0.218. The van der Waals surface area contributed by atoms with Gasteiger partial charge in [0.2, 0.25) is 0 Å². The predicted molar refractivity (Wildman–Crippen MR) is 67.6 cm³/mol. The molecule has 0 aliphatic heterocycles. The lowest BCUT2D eigenvalue weighted by Gasteiger charge is -2.15. The van der Waals surface area contributed by atoms with Crippen molar-refractivity contribution in [2.45, 2.75) is 19.8 Å². The van der Waals surface area contributed by atoms with Crippen LogP contribution in [0.15, 0.2) is 12.1 Å². The molecule has 0 atom stereocenters. The van der Waals surface area contributed by atoms with Crippen LogP contribution in [0, 0.1) is 24.1 Å². The highest BCUT2D eigenvalue weighted by atomic mass is 35.5. The molecule has 0 aliphatic carbocycles. The average molecular weight is 255 g/mol. The highest BCUT2D eigenvalue weighted by Gasteiger charge is 2.07. The zero-order valence-corrected chi connectivity index (χ0v) is 10.9. The van der Waals surface area contributed by atoms with E-state index in [9.17, 15) is 4.39 Å². The Balaban J connectivity index is 2.58. The van der Waals surface area contributed by atoms with E-state index >= 15 is 0 Å². The van der Waals surface area contributed by atoms with Gasteiger partial charge < -0.3 is 4.90 Å². The molecule has 0 saturated heterocycles. The van der Waals surface area contributed by atoms with E-state index in [1.165, 1.54) is 6.07 Å². The smallest absolute Gasteiger partial charge is 0.126 e. The van der Waals surface area contributed by atoms with Crippen molar-refractivity contribution >= 4 is 11.6 Å². The van der Waals surface area contributed by atoms with Crippen LogP contribution in [0.4, 0.5) is 4.39 Å². The van der Waals surface area contributed by atoms with E-state index in [0.717, 1.165) is 18.7 Å². The van der Waals surface area contributed by atoms with Crippen molar-refractivity contribution in [3.8, 4) is 6.07 Å². The van der Waals surface area contributed by atoms with Gasteiger partial charge in [-0.25, -0.2) is 4.39 Å². The number of benzene rings is 1. The van der Waals surface area contributed by atoms with Gasteiger partial charge in [-0.15, -0.1) is 0 Å². The Labute approximate surface area is 107 Å².